The van der Waals surface area contributed by atoms with Gasteiger partial charge in [0.1, 0.15) is 0 Å². The van der Waals surface area contributed by atoms with Gasteiger partial charge in [-0.25, -0.2) is 4.79 Å². The van der Waals surface area contributed by atoms with Crippen LogP contribution in [0.2, 0.25) is 5.02 Å². The molecule has 0 saturated carbocycles. The van der Waals surface area contributed by atoms with Gasteiger partial charge in [0.15, 0.2) is 0 Å². The summed E-state index contributed by atoms with van der Waals surface area (Å²) in [5, 5.41) is 6.23. The maximum Gasteiger partial charge on any atom is 0.323 e. The lowest BCUT2D eigenvalue weighted by atomic mass is 10.2. The van der Waals surface area contributed by atoms with Crippen LogP contribution in [-0.2, 0) is 0 Å². The average Bonchev–Trinajstić information content (AvgIpc) is 3.07. The number of rotatable bonds is 3. The fourth-order valence-electron chi connectivity index (χ4n) is 2.25. The number of carbonyl (C=O) groups is 1. The molecule has 2 aromatic carbocycles. The molecule has 4 nitrogen and oxygen atoms in total. The van der Waals surface area contributed by atoms with Crippen molar-refractivity contribution in [3.8, 4) is 5.69 Å². The second-order valence-corrected chi connectivity index (χ2v) is 5.54. The number of hydrogen-bond acceptors (Lipinski definition) is 1. The third-order valence-electron chi connectivity index (χ3n) is 3.54. The smallest absolute Gasteiger partial charge is 0.323 e. The van der Waals surface area contributed by atoms with Crippen molar-refractivity contribution in [2.75, 3.05) is 10.6 Å². The molecule has 116 valence electrons. The van der Waals surface area contributed by atoms with E-state index in [0.29, 0.717) is 10.7 Å². The number of nitrogens with zero attached hydrogens (tertiary/aromatic N) is 1. The molecule has 2 amide bonds. The zero-order chi connectivity index (χ0) is 16.2. The number of benzene rings is 2. The number of nitrogens with one attached hydrogen (secondary N) is 2. The van der Waals surface area contributed by atoms with E-state index in [1.807, 2.05) is 66.3 Å². The lowest BCUT2D eigenvalue weighted by Gasteiger charge is -2.11. The van der Waals surface area contributed by atoms with E-state index in [4.69, 9.17) is 11.6 Å². The van der Waals surface area contributed by atoms with Gasteiger partial charge in [0.2, 0.25) is 0 Å². The first-order valence-corrected chi connectivity index (χ1v) is 7.58. The number of urea groups is 1. The van der Waals surface area contributed by atoms with Crippen LogP contribution in [0, 0.1) is 6.92 Å². The molecule has 0 saturated heterocycles. The van der Waals surface area contributed by atoms with Gasteiger partial charge in [0.05, 0.1) is 0 Å². The molecule has 0 unspecified atom stereocenters. The number of amides is 2. The fraction of sp³-hybridized carbons (Fsp3) is 0.0556. The monoisotopic (exact) mass is 325 g/mol. The number of aromatic nitrogens is 1. The van der Waals surface area contributed by atoms with Crippen LogP contribution in [-0.4, -0.2) is 10.6 Å². The van der Waals surface area contributed by atoms with Crippen molar-refractivity contribution in [2.45, 2.75) is 6.92 Å². The van der Waals surface area contributed by atoms with Crippen LogP contribution in [0.1, 0.15) is 5.56 Å². The molecular weight excluding hydrogens is 310 g/mol. The van der Waals surface area contributed by atoms with Gasteiger partial charge in [-0.1, -0.05) is 17.7 Å². The van der Waals surface area contributed by atoms with Gasteiger partial charge >= 0.3 is 6.03 Å². The summed E-state index contributed by atoms with van der Waals surface area (Å²) in [5.74, 6) is 0. The predicted octanol–water partition coefficient (Wildman–Crippen LogP) is 5.08. The Labute approximate surface area is 139 Å². The second-order valence-electron chi connectivity index (χ2n) is 5.13. The third-order valence-corrected chi connectivity index (χ3v) is 3.95. The Bertz CT molecular complexity index is 811. The number of hydrogen-bond donors (Lipinski definition) is 2. The molecule has 23 heavy (non-hydrogen) atoms. The van der Waals surface area contributed by atoms with E-state index in [1.165, 1.54) is 0 Å². The first-order valence-electron chi connectivity index (χ1n) is 7.20. The maximum absolute atomic E-state index is 12.1. The van der Waals surface area contributed by atoms with Crippen LogP contribution >= 0.6 is 11.6 Å². The molecule has 3 aromatic rings. The molecule has 0 spiro atoms. The van der Waals surface area contributed by atoms with Crippen LogP contribution in [0.3, 0.4) is 0 Å². The van der Waals surface area contributed by atoms with Gasteiger partial charge in [-0.3, -0.25) is 0 Å². The Morgan fingerprint density at radius 2 is 1.65 bits per heavy atom. The largest absolute Gasteiger partial charge is 0.324 e. The zero-order valence-electron chi connectivity index (χ0n) is 12.6. The van der Waals surface area contributed by atoms with Gasteiger partial charge in [0.25, 0.3) is 0 Å². The SMILES string of the molecule is Cc1c(Cl)cccc1NC(=O)Nc1ccc(-n2cccc2)cc1. The molecular formula is C18H16ClN3O. The summed E-state index contributed by atoms with van der Waals surface area (Å²) in [7, 11) is 0. The highest BCUT2D eigenvalue weighted by Crippen LogP contribution is 2.23. The van der Waals surface area contributed by atoms with Crippen molar-refractivity contribution >= 4 is 29.0 Å². The number of anilines is 2. The molecule has 3 rings (SSSR count). The van der Waals surface area contributed by atoms with Crippen molar-refractivity contribution in [2.24, 2.45) is 0 Å². The normalized spacial score (nSPS) is 10.3. The van der Waals surface area contributed by atoms with Crippen LogP contribution in [0.4, 0.5) is 16.2 Å². The van der Waals surface area contributed by atoms with Gasteiger partial charge < -0.3 is 15.2 Å². The molecule has 0 aliphatic rings. The zero-order valence-corrected chi connectivity index (χ0v) is 13.3. The first-order chi connectivity index (χ1) is 11.1. The third kappa shape index (κ3) is 3.55. The highest BCUT2D eigenvalue weighted by atomic mass is 35.5. The van der Waals surface area contributed by atoms with E-state index >= 15 is 0 Å². The van der Waals surface area contributed by atoms with E-state index in [2.05, 4.69) is 10.6 Å². The lowest BCUT2D eigenvalue weighted by Crippen LogP contribution is -2.20. The molecule has 1 heterocycles. The minimum Gasteiger partial charge on any atom is -0.324 e. The lowest BCUT2D eigenvalue weighted by molar-refractivity contribution is 0.262. The Balaban J connectivity index is 1.67. The van der Waals surface area contributed by atoms with Gasteiger partial charge in [-0.15, -0.1) is 0 Å². The van der Waals surface area contributed by atoms with Crippen molar-refractivity contribution in [3.63, 3.8) is 0 Å². The van der Waals surface area contributed by atoms with E-state index < -0.39 is 0 Å². The standard InChI is InChI=1S/C18H16ClN3O/c1-13-16(19)5-4-6-17(13)21-18(23)20-14-7-9-15(10-8-14)22-11-2-3-12-22/h2-12H,1H3,(H2,20,21,23). The van der Waals surface area contributed by atoms with Gasteiger partial charge in [-0.2, -0.15) is 0 Å². The van der Waals surface area contributed by atoms with E-state index in [9.17, 15) is 4.79 Å². The summed E-state index contributed by atoms with van der Waals surface area (Å²) in [5.41, 5.74) is 3.29. The molecule has 1 aromatic heterocycles. The molecule has 5 heteroatoms. The van der Waals surface area contributed by atoms with Crippen LogP contribution in [0.15, 0.2) is 67.0 Å². The van der Waals surface area contributed by atoms with Crippen molar-refractivity contribution in [1.82, 2.24) is 4.57 Å². The van der Waals surface area contributed by atoms with Crippen LogP contribution < -0.4 is 10.6 Å². The fourth-order valence-corrected chi connectivity index (χ4v) is 2.43. The van der Waals surface area contributed by atoms with Crippen molar-refractivity contribution in [3.05, 3.63) is 77.6 Å². The van der Waals surface area contributed by atoms with Crippen LogP contribution in [0.5, 0.6) is 0 Å². The summed E-state index contributed by atoms with van der Waals surface area (Å²) in [6.07, 6.45) is 3.94. The predicted molar refractivity (Wildman–Crippen MR) is 94.6 cm³/mol. The quantitative estimate of drug-likeness (QED) is 0.692. The van der Waals surface area contributed by atoms with E-state index in [0.717, 1.165) is 16.9 Å². The van der Waals surface area contributed by atoms with Crippen LogP contribution in [0.25, 0.3) is 5.69 Å². The number of carbonyl (C=O) groups excluding carboxylic acids is 1. The molecule has 0 fully saturated rings. The molecule has 0 atom stereocenters. The maximum atomic E-state index is 12.1. The van der Waals surface area contributed by atoms with Crippen molar-refractivity contribution < 1.29 is 4.79 Å². The van der Waals surface area contributed by atoms with E-state index in [-0.39, 0.29) is 6.03 Å². The Hall–Kier alpha value is -2.72. The Morgan fingerprint density at radius 1 is 0.957 bits per heavy atom. The summed E-state index contributed by atoms with van der Waals surface area (Å²) in [6.45, 7) is 1.86. The molecule has 0 aliphatic carbocycles. The second kappa shape index (κ2) is 6.58. The van der Waals surface area contributed by atoms with Gasteiger partial charge in [0, 0.05) is 34.5 Å². The summed E-state index contributed by atoms with van der Waals surface area (Å²) >= 11 is 6.05. The molecule has 0 radical (unpaired) electrons. The molecule has 0 aliphatic heterocycles. The van der Waals surface area contributed by atoms with Gasteiger partial charge in [-0.05, 0) is 61.0 Å². The minimum absolute atomic E-state index is 0.302. The molecule has 0 bridgehead atoms. The Morgan fingerprint density at radius 3 is 2.35 bits per heavy atom. The first kappa shape index (κ1) is 15.2. The highest BCUT2D eigenvalue weighted by molar-refractivity contribution is 6.31. The minimum atomic E-state index is -0.302. The highest BCUT2D eigenvalue weighted by Gasteiger charge is 2.07. The summed E-state index contributed by atoms with van der Waals surface area (Å²) in [6, 6.07) is 16.6. The Kier molecular flexibility index (Phi) is 4.35. The summed E-state index contributed by atoms with van der Waals surface area (Å²) in [4.78, 5) is 12.1. The topological polar surface area (TPSA) is 46.1 Å². The van der Waals surface area contributed by atoms with E-state index in [1.54, 1.807) is 12.1 Å². The number of halogens is 1. The molecule has 2 N–H and O–H groups in total. The average molecular weight is 326 g/mol. The summed E-state index contributed by atoms with van der Waals surface area (Å²) < 4.78 is 2.00. The van der Waals surface area contributed by atoms with Crippen molar-refractivity contribution in [1.29, 1.82) is 0 Å².